The molecule has 9 heteroatoms. The van der Waals surface area contributed by atoms with Crippen molar-refractivity contribution in [2.45, 2.75) is 19.0 Å². The summed E-state index contributed by atoms with van der Waals surface area (Å²) in [5.74, 6) is -0.580. The number of amides is 1. The maximum Gasteiger partial charge on any atom is 0.343 e. The fraction of sp³-hybridized carbons (Fsp3) is 0.250. The van der Waals surface area contributed by atoms with Gasteiger partial charge in [0.25, 0.3) is 0 Å². The maximum atomic E-state index is 12.1. The smallest absolute Gasteiger partial charge is 0.343 e. The Morgan fingerprint density at radius 3 is 2.80 bits per heavy atom. The molecule has 1 heterocycles. The van der Waals surface area contributed by atoms with Crippen LogP contribution >= 0.6 is 34.4 Å². The summed E-state index contributed by atoms with van der Waals surface area (Å²) >= 11 is 3.35. The predicted octanol–water partition coefficient (Wildman–Crippen LogP) is 2.88. The van der Waals surface area contributed by atoms with E-state index in [1.807, 2.05) is 25.1 Å². The largest absolute Gasteiger partial charge is 0.462 e. The second-order valence-electron chi connectivity index (χ2n) is 4.97. The first-order valence-electron chi connectivity index (χ1n) is 7.39. The maximum absolute atomic E-state index is 12.1. The number of nitrogens with one attached hydrogen (secondary N) is 1. The number of nitrogens with zero attached hydrogens (tertiary/aromatic N) is 2. The van der Waals surface area contributed by atoms with Crippen LogP contribution in [-0.4, -0.2) is 34.2 Å². The van der Waals surface area contributed by atoms with Gasteiger partial charge >= 0.3 is 5.97 Å². The van der Waals surface area contributed by atoms with E-state index in [4.69, 9.17) is 10.5 Å². The van der Waals surface area contributed by atoms with Crippen LogP contribution in [0.5, 0.6) is 0 Å². The van der Waals surface area contributed by atoms with E-state index in [2.05, 4.69) is 37.9 Å². The van der Waals surface area contributed by atoms with E-state index in [1.165, 1.54) is 6.20 Å². The van der Waals surface area contributed by atoms with Gasteiger partial charge in [0, 0.05) is 15.5 Å². The molecule has 0 aliphatic carbocycles. The summed E-state index contributed by atoms with van der Waals surface area (Å²) < 4.78 is 5.97. The number of ether oxygens (including phenoxy) is 1. The summed E-state index contributed by atoms with van der Waals surface area (Å²) in [5.41, 5.74) is 7.62. The predicted molar refractivity (Wildman–Crippen MR) is 106 cm³/mol. The number of aromatic nitrogens is 2. The number of nitrogens with two attached hydrogens (primary N) is 1. The molecule has 0 atom stereocenters. The van der Waals surface area contributed by atoms with Crippen LogP contribution in [0.2, 0.25) is 0 Å². The Labute approximate surface area is 163 Å². The average molecular weight is 472 g/mol. The minimum Gasteiger partial charge on any atom is -0.462 e. The summed E-state index contributed by atoms with van der Waals surface area (Å²) in [6, 6.07) is 5.78. The fourth-order valence-electron chi connectivity index (χ4n) is 1.90. The quantitative estimate of drug-likeness (QED) is 0.288. The van der Waals surface area contributed by atoms with Crippen LogP contribution < -0.4 is 11.1 Å². The minimum absolute atomic E-state index is 0.0323. The molecule has 1 aromatic carbocycles. The van der Waals surface area contributed by atoms with Gasteiger partial charge in [-0.15, -0.1) is 0 Å². The van der Waals surface area contributed by atoms with E-state index in [0.29, 0.717) is 5.16 Å². The SMILES string of the molecule is CCOC(=O)c1cnc(SCC(=O)Nc2ccc(I)cc2C)nc1N. The molecule has 0 fully saturated rings. The number of halogens is 1. The lowest BCUT2D eigenvalue weighted by Gasteiger charge is -2.09. The third-order valence-corrected chi connectivity index (χ3v) is 4.62. The lowest BCUT2D eigenvalue weighted by molar-refractivity contribution is -0.113. The number of nitrogen functional groups attached to an aromatic ring is 1. The molecule has 2 aromatic rings. The molecule has 132 valence electrons. The van der Waals surface area contributed by atoms with E-state index in [9.17, 15) is 9.59 Å². The van der Waals surface area contributed by atoms with E-state index < -0.39 is 5.97 Å². The lowest BCUT2D eigenvalue weighted by Crippen LogP contribution is -2.15. The molecule has 1 aromatic heterocycles. The average Bonchev–Trinajstić information content (AvgIpc) is 2.56. The first-order chi connectivity index (χ1) is 11.9. The van der Waals surface area contributed by atoms with Crippen molar-refractivity contribution in [3.8, 4) is 0 Å². The minimum atomic E-state index is -0.566. The lowest BCUT2D eigenvalue weighted by atomic mass is 10.2. The zero-order chi connectivity index (χ0) is 18.4. The fourth-order valence-corrected chi connectivity index (χ4v) is 3.17. The van der Waals surface area contributed by atoms with Crippen LogP contribution in [0.3, 0.4) is 0 Å². The number of aryl methyl sites for hydroxylation is 1. The molecular formula is C16H17IN4O3S. The van der Waals surface area contributed by atoms with Crippen molar-refractivity contribution in [2.24, 2.45) is 0 Å². The molecule has 0 radical (unpaired) electrons. The number of rotatable bonds is 6. The van der Waals surface area contributed by atoms with Gasteiger partial charge in [0.1, 0.15) is 11.4 Å². The van der Waals surface area contributed by atoms with Crippen LogP contribution in [-0.2, 0) is 9.53 Å². The molecule has 0 unspecified atom stereocenters. The Balaban J connectivity index is 1.95. The Kier molecular flexibility index (Phi) is 7.00. The number of hydrogen-bond acceptors (Lipinski definition) is 7. The third-order valence-electron chi connectivity index (χ3n) is 3.09. The summed E-state index contributed by atoms with van der Waals surface area (Å²) in [6.45, 7) is 3.88. The molecule has 0 aliphatic rings. The third kappa shape index (κ3) is 5.56. The molecule has 0 saturated heterocycles. The van der Waals surface area contributed by atoms with Crippen LogP contribution in [0.25, 0.3) is 0 Å². The second kappa shape index (κ2) is 8.99. The molecule has 0 aliphatic heterocycles. The Morgan fingerprint density at radius 1 is 1.40 bits per heavy atom. The van der Waals surface area contributed by atoms with Gasteiger partial charge in [0.15, 0.2) is 5.16 Å². The Bertz CT molecular complexity index is 801. The van der Waals surface area contributed by atoms with Crippen LogP contribution in [0.15, 0.2) is 29.6 Å². The van der Waals surface area contributed by atoms with Gasteiger partial charge in [-0.2, -0.15) is 0 Å². The van der Waals surface area contributed by atoms with Gasteiger partial charge in [-0.1, -0.05) is 11.8 Å². The normalized spacial score (nSPS) is 10.4. The Hall–Kier alpha value is -1.88. The summed E-state index contributed by atoms with van der Waals surface area (Å²) in [5, 5.41) is 3.16. The van der Waals surface area contributed by atoms with Gasteiger partial charge in [-0.25, -0.2) is 14.8 Å². The van der Waals surface area contributed by atoms with Gasteiger partial charge in [0.05, 0.1) is 12.4 Å². The molecule has 0 saturated carbocycles. The molecule has 0 bridgehead atoms. The standard InChI is InChI=1S/C16H17IN4O3S/c1-3-24-15(23)11-7-19-16(21-14(11)18)25-8-13(22)20-12-5-4-10(17)6-9(12)2/h4-7H,3,8H2,1-2H3,(H,20,22)(H2,18,19,21). The second-order valence-corrected chi connectivity index (χ2v) is 7.16. The van der Waals surface area contributed by atoms with Gasteiger partial charge < -0.3 is 15.8 Å². The van der Waals surface area contributed by atoms with Gasteiger partial charge in [0.2, 0.25) is 5.91 Å². The molecular weight excluding hydrogens is 455 g/mol. The first kappa shape index (κ1) is 19.4. The highest BCUT2D eigenvalue weighted by atomic mass is 127. The van der Waals surface area contributed by atoms with Crippen molar-refractivity contribution in [2.75, 3.05) is 23.4 Å². The highest BCUT2D eigenvalue weighted by Crippen LogP contribution is 2.20. The van der Waals surface area contributed by atoms with Crippen molar-refractivity contribution in [3.05, 3.63) is 39.1 Å². The van der Waals surface area contributed by atoms with E-state index in [1.54, 1.807) is 6.92 Å². The van der Waals surface area contributed by atoms with Crippen molar-refractivity contribution >= 4 is 57.7 Å². The molecule has 0 spiro atoms. The highest BCUT2D eigenvalue weighted by Gasteiger charge is 2.14. The number of hydrogen-bond donors (Lipinski definition) is 2. The van der Waals surface area contributed by atoms with Crippen molar-refractivity contribution in [1.29, 1.82) is 0 Å². The number of esters is 1. The zero-order valence-corrected chi connectivity index (χ0v) is 16.7. The summed E-state index contributed by atoms with van der Waals surface area (Å²) in [7, 11) is 0. The van der Waals surface area contributed by atoms with E-state index in [-0.39, 0.29) is 29.6 Å². The summed E-state index contributed by atoms with van der Waals surface area (Å²) in [6.07, 6.45) is 1.31. The highest BCUT2D eigenvalue weighted by molar-refractivity contribution is 14.1. The van der Waals surface area contributed by atoms with Crippen molar-refractivity contribution in [1.82, 2.24) is 9.97 Å². The van der Waals surface area contributed by atoms with Gasteiger partial charge in [-0.3, -0.25) is 4.79 Å². The number of thioether (sulfide) groups is 1. The van der Waals surface area contributed by atoms with E-state index >= 15 is 0 Å². The number of anilines is 2. The van der Waals surface area contributed by atoms with Gasteiger partial charge in [-0.05, 0) is 60.2 Å². The van der Waals surface area contributed by atoms with Crippen molar-refractivity contribution in [3.63, 3.8) is 0 Å². The molecule has 2 rings (SSSR count). The van der Waals surface area contributed by atoms with Crippen LogP contribution in [0.1, 0.15) is 22.8 Å². The number of carbonyl (C=O) groups is 2. The van der Waals surface area contributed by atoms with Crippen LogP contribution in [0.4, 0.5) is 11.5 Å². The van der Waals surface area contributed by atoms with Crippen LogP contribution in [0, 0.1) is 10.5 Å². The topological polar surface area (TPSA) is 107 Å². The molecule has 7 nitrogen and oxygen atoms in total. The molecule has 1 amide bonds. The molecule has 3 N–H and O–H groups in total. The monoisotopic (exact) mass is 472 g/mol. The zero-order valence-electron chi connectivity index (χ0n) is 13.7. The number of benzene rings is 1. The number of carbonyl (C=O) groups excluding carboxylic acids is 2. The molecule has 25 heavy (non-hydrogen) atoms. The first-order valence-corrected chi connectivity index (χ1v) is 9.45. The van der Waals surface area contributed by atoms with Crippen molar-refractivity contribution < 1.29 is 14.3 Å². The summed E-state index contributed by atoms with van der Waals surface area (Å²) in [4.78, 5) is 31.8. The Morgan fingerprint density at radius 2 is 2.16 bits per heavy atom. The van der Waals surface area contributed by atoms with E-state index in [0.717, 1.165) is 26.6 Å².